The molecule has 2 aromatic carbocycles. The van der Waals surface area contributed by atoms with E-state index in [1.54, 1.807) is 0 Å². The van der Waals surface area contributed by atoms with Gasteiger partial charge in [0.15, 0.2) is 5.96 Å². The lowest BCUT2D eigenvalue weighted by Crippen LogP contribution is -2.48. The summed E-state index contributed by atoms with van der Waals surface area (Å²) in [7, 11) is 0. The highest BCUT2D eigenvalue weighted by atomic mass is 127. The lowest BCUT2D eigenvalue weighted by atomic mass is 10.1. The van der Waals surface area contributed by atoms with Gasteiger partial charge in [0.2, 0.25) is 0 Å². The lowest BCUT2D eigenvalue weighted by Gasteiger charge is -2.35. The van der Waals surface area contributed by atoms with E-state index in [9.17, 15) is 4.79 Å². The Morgan fingerprint density at radius 3 is 2.43 bits per heavy atom. The van der Waals surface area contributed by atoms with E-state index in [2.05, 4.69) is 29.4 Å². The molecular weight excluding hydrogens is 491 g/mol. The van der Waals surface area contributed by atoms with E-state index >= 15 is 0 Å². The Labute approximate surface area is 195 Å². The Bertz CT molecular complexity index is 860. The van der Waals surface area contributed by atoms with Crippen LogP contribution in [0.5, 0.6) is 0 Å². The zero-order valence-corrected chi connectivity index (χ0v) is 20.1. The number of benzene rings is 2. The second-order valence-electron chi connectivity index (χ2n) is 7.54. The lowest BCUT2D eigenvalue weighted by molar-refractivity contribution is -0.0586. The number of hydrogen-bond donors (Lipinski definition) is 2. The fraction of sp³-hybridized carbons (Fsp3) is 0.391. The van der Waals surface area contributed by atoms with Crippen LogP contribution in [0.25, 0.3) is 0 Å². The SMILES string of the molecule is CCc1cccc(NC(N)=NCc2ccc(C(=O)N3CC(C)OC(C)C3)cc2)c1.I. The molecule has 1 saturated heterocycles. The smallest absolute Gasteiger partial charge is 0.254 e. The van der Waals surface area contributed by atoms with Crippen LogP contribution in [-0.2, 0) is 17.7 Å². The Hall–Kier alpha value is -2.13. The summed E-state index contributed by atoms with van der Waals surface area (Å²) in [6.07, 6.45) is 1.09. The van der Waals surface area contributed by atoms with E-state index in [0.29, 0.717) is 31.2 Å². The maximum Gasteiger partial charge on any atom is 0.254 e. The minimum atomic E-state index is 0. The first-order chi connectivity index (χ1) is 13.9. The summed E-state index contributed by atoms with van der Waals surface area (Å²) < 4.78 is 5.70. The molecule has 0 spiro atoms. The van der Waals surface area contributed by atoms with Crippen LogP contribution in [0.3, 0.4) is 0 Å². The second-order valence-corrected chi connectivity index (χ2v) is 7.54. The number of hydrogen-bond acceptors (Lipinski definition) is 3. The number of carbonyl (C=O) groups excluding carboxylic acids is 1. The topological polar surface area (TPSA) is 79.9 Å². The zero-order chi connectivity index (χ0) is 20.8. The molecule has 30 heavy (non-hydrogen) atoms. The van der Waals surface area contributed by atoms with Gasteiger partial charge in [-0.25, -0.2) is 4.99 Å². The molecule has 3 N–H and O–H groups in total. The minimum absolute atomic E-state index is 0. The summed E-state index contributed by atoms with van der Waals surface area (Å²) in [5.41, 5.74) is 9.87. The highest BCUT2D eigenvalue weighted by Gasteiger charge is 2.26. The minimum Gasteiger partial charge on any atom is -0.372 e. The Morgan fingerprint density at radius 2 is 1.80 bits per heavy atom. The Morgan fingerprint density at radius 1 is 1.13 bits per heavy atom. The van der Waals surface area contributed by atoms with Crippen molar-refractivity contribution in [1.82, 2.24) is 4.90 Å². The molecule has 1 amide bonds. The van der Waals surface area contributed by atoms with Gasteiger partial charge in [-0.15, -0.1) is 24.0 Å². The van der Waals surface area contributed by atoms with Gasteiger partial charge in [0.05, 0.1) is 18.8 Å². The summed E-state index contributed by atoms with van der Waals surface area (Å²) in [5, 5.41) is 3.12. The first-order valence-electron chi connectivity index (χ1n) is 10.1. The van der Waals surface area contributed by atoms with Crippen LogP contribution in [0.1, 0.15) is 42.3 Å². The summed E-state index contributed by atoms with van der Waals surface area (Å²) in [6.45, 7) is 7.80. The molecule has 1 heterocycles. The first kappa shape index (κ1) is 24.1. The van der Waals surface area contributed by atoms with Gasteiger partial charge in [0.1, 0.15) is 0 Å². The molecule has 2 unspecified atom stereocenters. The van der Waals surface area contributed by atoms with Crippen molar-refractivity contribution in [2.75, 3.05) is 18.4 Å². The van der Waals surface area contributed by atoms with Crippen molar-refractivity contribution >= 4 is 41.5 Å². The molecule has 7 heteroatoms. The first-order valence-corrected chi connectivity index (χ1v) is 10.1. The molecular formula is C23H31IN4O2. The molecule has 0 aliphatic carbocycles. The number of amides is 1. The normalized spacial score (nSPS) is 19.2. The third-order valence-corrected chi connectivity index (χ3v) is 4.95. The number of nitrogens with one attached hydrogen (secondary N) is 1. The number of aryl methyl sites for hydroxylation is 1. The quantitative estimate of drug-likeness (QED) is 0.353. The van der Waals surface area contributed by atoms with Crippen molar-refractivity contribution in [3.63, 3.8) is 0 Å². The van der Waals surface area contributed by atoms with Crippen molar-refractivity contribution in [2.45, 2.75) is 45.9 Å². The molecule has 2 atom stereocenters. The van der Waals surface area contributed by atoms with Crippen LogP contribution < -0.4 is 11.1 Å². The predicted molar refractivity (Wildman–Crippen MR) is 133 cm³/mol. The van der Waals surface area contributed by atoms with Gasteiger partial charge in [-0.2, -0.15) is 0 Å². The molecule has 0 bridgehead atoms. The fourth-order valence-corrected chi connectivity index (χ4v) is 3.51. The number of aliphatic imine (C=N–C) groups is 1. The van der Waals surface area contributed by atoms with E-state index in [-0.39, 0.29) is 42.1 Å². The van der Waals surface area contributed by atoms with Crippen molar-refractivity contribution in [3.05, 3.63) is 65.2 Å². The van der Waals surface area contributed by atoms with Crippen molar-refractivity contribution < 1.29 is 9.53 Å². The Kier molecular flexibility index (Phi) is 9.10. The van der Waals surface area contributed by atoms with Gasteiger partial charge in [-0.1, -0.05) is 31.2 Å². The summed E-state index contributed by atoms with van der Waals surface area (Å²) in [6, 6.07) is 15.7. The molecule has 0 radical (unpaired) electrons. The Balaban J connectivity index is 0.00000320. The van der Waals surface area contributed by atoms with Crippen LogP contribution >= 0.6 is 24.0 Å². The average molecular weight is 522 g/mol. The monoisotopic (exact) mass is 522 g/mol. The largest absolute Gasteiger partial charge is 0.372 e. The van der Waals surface area contributed by atoms with E-state index in [1.165, 1.54) is 5.56 Å². The zero-order valence-electron chi connectivity index (χ0n) is 17.8. The number of nitrogens with zero attached hydrogens (tertiary/aromatic N) is 2. The third-order valence-electron chi connectivity index (χ3n) is 4.95. The van der Waals surface area contributed by atoms with Gasteiger partial charge >= 0.3 is 0 Å². The van der Waals surface area contributed by atoms with Crippen molar-refractivity contribution in [3.8, 4) is 0 Å². The predicted octanol–water partition coefficient (Wildman–Crippen LogP) is 4.04. The number of ether oxygens (including phenoxy) is 1. The van der Waals surface area contributed by atoms with Gasteiger partial charge in [0, 0.05) is 24.3 Å². The maximum absolute atomic E-state index is 12.7. The van der Waals surface area contributed by atoms with E-state index in [4.69, 9.17) is 10.5 Å². The highest BCUT2D eigenvalue weighted by molar-refractivity contribution is 14.0. The number of morpholine rings is 1. The molecule has 2 aromatic rings. The average Bonchev–Trinajstić information content (AvgIpc) is 2.71. The summed E-state index contributed by atoms with van der Waals surface area (Å²) in [5.74, 6) is 0.411. The van der Waals surface area contributed by atoms with Gasteiger partial charge in [-0.05, 0) is 55.7 Å². The number of anilines is 1. The number of rotatable bonds is 5. The molecule has 162 valence electrons. The number of guanidine groups is 1. The molecule has 3 rings (SSSR count). The van der Waals surface area contributed by atoms with Crippen molar-refractivity contribution in [2.24, 2.45) is 10.7 Å². The number of nitrogens with two attached hydrogens (primary N) is 1. The summed E-state index contributed by atoms with van der Waals surface area (Å²) >= 11 is 0. The van der Waals surface area contributed by atoms with Crippen LogP contribution in [0, 0.1) is 0 Å². The van der Waals surface area contributed by atoms with Gasteiger partial charge in [-0.3, -0.25) is 4.79 Å². The molecule has 1 aliphatic rings. The van der Waals surface area contributed by atoms with Crippen molar-refractivity contribution in [1.29, 1.82) is 0 Å². The van der Waals surface area contributed by atoms with Crippen LogP contribution in [-0.4, -0.2) is 42.1 Å². The summed E-state index contributed by atoms with van der Waals surface area (Å²) in [4.78, 5) is 19.0. The van der Waals surface area contributed by atoms with Crippen LogP contribution in [0.2, 0.25) is 0 Å². The molecule has 6 nitrogen and oxygen atoms in total. The van der Waals surface area contributed by atoms with E-state index in [0.717, 1.165) is 17.7 Å². The molecule has 1 fully saturated rings. The fourth-order valence-electron chi connectivity index (χ4n) is 3.51. The standard InChI is InChI=1S/C23H30N4O2.HI/c1-4-18-6-5-7-21(12-18)26-23(24)25-13-19-8-10-20(11-9-19)22(28)27-14-16(2)29-17(3)15-27;/h5-12,16-17H,4,13-15H2,1-3H3,(H3,24,25,26);1H. The van der Waals surface area contributed by atoms with Crippen LogP contribution in [0.4, 0.5) is 5.69 Å². The van der Waals surface area contributed by atoms with E-state index < -0.39 is 0 Å². The maximum atomic E-state index is 12.7. The number of carbonyl (C=O) groups is 1. The third kappa shape index (κ3) is 6.70. The van der Waals surface area contributed by atoms with Crippen LogP contribution in [0.15, 0.2) is 53.5 Å². The van der Waals surface area contributed by atoms with Gasteiger partial charge in [0.25, 0.3) is 5.91 Å². The highest BCUT2D eigenvalue weighted by Crippen LogP contribution is 2.15. The molecule has 1 aliphatic heterocycles. The second kappa shape index (κ2) is 11.3. The molecule has 0 aromatic heterocycles. The van der Waals surface area contributed by atoms with Gasteiger partial charge < -0.3 is 20.7 Å². The number of halogens is 1. The van der Waals surface area contributed by atoms with E-state index in [1.807, 2.05) is 55.1 Å². The molecule has 0 saturated carbocycles.